The van der Waals surface area contributed by atoms with Gasteiger partial charge in [0.15, 0.2) is 0 Å². The number of hydrogen-bond acceptors (Lipinski definition) is 2. The van der Waals surface area contributed by atoms with Crippen LogP contribution >= 0.6 is 0 Å². The molecule has 0 aliphatic heterocycles. The normalized spacial score (nSPS) is 11.8. The molecule has 1 atom stereocenters. The van der Waals surface area contributed by atoms with E-state index in [9.17, 15) is 9.59 Å². The van der Waals surface area contributed by atoms with E-state index in [1.165, 1.54) is 0 Å². The first-order valence-electron chi connectivity index (χ1n) is 7.53. The monoisotopic (exact) mass is 311 g/mol. The Morgan fingerprint density at radius 1 is 1.09 bits per heavy atom. The molecule has 1 N–H and O–H groups in total. The minimum Gasteiger partial charge on any atom is -0.481 e. The minimum atomic E-state index is -0.880. The third kappa shape index (κ3) is 3.97. The largest absolute Gasteiger partial charge is 0.481 e. The molecule has 4 nitrogen and oxygen atoms in total. The lowest BCUT2D eigenvalue weighted by molar-refractivity contribution is -0.136. The van der Waals surface area contributed by atoms with E-state index < -0.39 is 5.97 Å². The molecule has 120 valence electrons. The fourth-order valence-corrected chi connectivity index (χ4v) is 2.58. The molecule has 23 heavy (non-hydrogen) atoms. The molecular weight excluding hydrogens is 290 g/mol. The highest BCUT2D eigenvalue weighted by molar-refractivity contribution is 5.94. The summed E-state index contributed by atoms with van der Waals surface area (Å²) in [5, 5.41) is 8.78. The highest BCUT2D eigenvalue weighted by atomic mass is 16.4. The predicted octanol–water partition coefficient (Wildman–Crippen LogP) is 3.46. The van der Waals surface area contributed by atoms with Gasteiger partial charge in [0.2, 0.25) is 0 Å². The first kappa shape index (κ1) is 16.7. The van der Waals surface area contributed by atoms with Crippen LogP contribution in [0.3, 0.4) is 0 Å². The van der Waals surface area contributed by atoms with Crippen molar-refractivity contribution >= 4 is 11.9 Å². The van der Waals surface area contributed by atoms with Gasteiger partial charge in [-0.3, -0.25) is 9.59 Å². The number of rotatable bonds is 5. The molecule has 0 saturated heterocycles. The van der Waals surface area contributed by atoms with Crippen molar-refractivity contribution in [2.45, 2.75) is 26.3 Å². The van der Waals surface area contributed by atoms with E-state index in [0.29, 0.717) is 11.1 Å². The highest BCUT2D eigenvalue weighted by Crippen LogP contribution is 2.23. The zero-order valence-corrected chi connectivity index (χ0v) is 13.6. The zero-order chi connectivity index (χ0) is 17.0. The molecule has 0 saturated carbocycles. The lowest BCUT2D eigenvalue weighted by Gasteiger charge is -2.26. The van der Waals surface area contributed by atoms with Crippen molar-refractivity contribution in [3.05, 3.63) is 70.8 Å². The Morgan fingerprint density at radius 2 is 1.70 bits per heavy atom. The summed E-state index contributed by atoms with van der Waals surface area (Å²) in [7, 11) is 1.78. The van der Waals surface area contributed by atoms with Crippen LogP contribution in [0.5, 0.6) is 0 Å². The zero-order valence-electron chi connectivity index (χ0n) is 13.6. The third-order valence-electron chi connectivity index (χ3n) is 4.10. The van der Waals surface area contributed by atoms with Gasteiger partial charge in [-0.2, -0.15) is 0 Å². The summed E-state index contributed by atoms with van der Waals surface area (Å²) in [5.74, 6) is -0.961. The quantitative estimate of drug-likeness (QED) is 0.920. The summed E-state index contributed by atoms with van der Waals surface area (Å²) in [6, 6.07) is 14.7. The molecule has 0 aromatic heterocycles. The Labute approximate surface area is 136 Å². The van der Waals surface area contributed by atoms with Gasteiger partial charge in [0.1, 0.15) is 0 Å². The Hall–Kier alpha value is -2.62. The SMILES string of the molecule is Cc1ccccc1[C@H](C)N(C)C(=O)c1ccc(CC(=O)O)cc1. The van der Waals surface area contributed by atoms with Gasteiger partial charge in [0.05, 0.1) is 12.5 Å². The van der Waals surface area contributed by atoms with Crippen molar-refractivity contribution in [3.63, 3.8) is 0 Å². The number of carboxylic acid groups (broad SMARTS) is 1. The highest BCUT2D eigenvalue weighted by Gasteiger charge is 2.20. The summed E-state index contributed by atoms with van der Waals surface area (Å²) in [6.07, 6.45) is -0.0378. The minimum absolute atomic E-state index is 0.0378. The fourth-order valence-electron chi connectivity index (χ4n) is 2.58. The molecule has 1 amide bonds. The maximum atomic E-state index is 12.6. The second-order valence-corrected chi connectivity index (χ2v) is 5.72. The van der Waals surface area contributed by atoms with E-state index in [-0.39, 0.29) is 18.4 Å². The smallest absolute Gasteiger partial charge is 0.307 e. The van der Waals surface area contributed by atoms with Gasteiger partial charge in [-0.1, -0.05) is 36.4 Å². The topological polar surface area (TPSA) is 57.6 Å². The molecule has 0 bridgehead atoms. The Kier molecular flexibility index (Phi) is 5.16. The third-order valence-corrected chi connectivity index (χ3v) is 4.10. The van der Waals surface area contributed by atoms with Crippen LogP contribution in [0, 0.1) is 6.92 Å². The standard InChI is InChI=1S/C19H21NO3/c1-13-6-4-5-7-17(13)14(2)20(3)19(23)16-10-8-15(9-11-16)12-18(21)22/h4-11,14H,12H2,1-3H3,(H,21,22)/t14-/m0/s1. The molecule has 0 unspecified atom stereocenters. The van der Waals surface area contributed by atoms with Gasteiger partial charge in [-0.05, 0) is 42.7 Å². The van der Waals surface area contributed by atoms with Crippen molar-refractivity contribution in [2.75, 3.05) is 7.05 Å². The van der Waals surface area contributed by atoms with Crippen LogP contribution in [0.15, 0.2) is 48.5 Å². The number of benzene rings is 2. The maximum absolute atomic E-state index is 12.6. The van der Waals surface area contributed by atoms with Gasteiger partial charge in [-0.15, -0.1) is 0 Å². The average Bonchev–Trinajstić information content (AvgIpc) is 2.53. The van der Waals surface area contributed by atoms with Gasteiger partial charge in [0.25, 0.3) is 5.91 Å². The van der Waals surface area contributed by atoms with Crippen molar-refractivity contribution in [1.29, 1.82) is 0 Å². The maximum Gasteiger partial charge on any atom is 0.307 e. The second-order valence-electron chi connectivity index (χ2n) is 5.72. The van der Waals surface area contributed by atoms with Gasteiger partial charge < -0.3 is 10.0 Å². The van der Waals surface area contributed by atoms with Crippen molar-refractivity contribution in [3.8, 4) is 0 Å². The van der Waals surface area contributed by atoms with Gasteiger partial charge in [0, 0.05) is 12.6 Å². The number of carboxylic acids is 1. The van der Waals surface area contributed by atoms with Crippen LogP contribution in [0.25, 0.3) is 0 Å². The van der Waals surface area contributed by atoms with Crippen LogP contribution in [0.2, 0.25) is 0 Å². The number of hydrogen-bond donors (Lipinski definition) is 1. The number of amides is 1. The summed E-state index contributed by atoms with van der Waals surface area (Å²) < 4.78 is 0. The number of aryl methyl sites for hydroxylation is 1. The van der Waals surface area contributed by atoms with Crippen LogP contribution in [0.1, 0.15) is 40.0 Å². The van der Waals surface area contributed by atoms with Crippen LogP contribution in [-0.2, 0) is 11.2 Å². The van der Waals surface area contributed by atoms with E-state index in [1.54, 1.807) is 36.2 Å². The Balaban J connectivity index is 2.16. The number of aliphatic carboxylic acids is 1. The lowest BCUT2D eigenvalue weighted by Crippen LogP contribution is -2.30. The number of carbonyl (C=O) groups is 2. The molecule has 0 heterocycles. The van der Waals surface area contributed by atoms with Crippen molar-refractivity contribution < 1.29 is 14.7 Å². The summed E-state index contributed by atoms with van der Waals surface area (Å²) in [5.41, 5.74) is 3.51. The van der Waals surface area contributed by atoms with Crippen molar-refractivity contribution in [1.82, 2.24) is 4.90 Å². The second kappa shape index (κ2) is 7.09. The van der Waals surface area contributed by atoms with E-state index >= 15 is 0 Å². The first-order chi connectivity index (χ1) is 10.9. The molecule has 4 heteroatoms. The lowest BCUT2D eigenvalue weighted by atomic mass is 10.0. The molecule has 0 fully saturated rings. The summed E-state index contributed by atoms with van der Waals surface area (Å²) in [6.45, 7) is 4.03. The fraction of sp³-hybridized carbons (Fsp3) is 0.263. The summed E-state index contributed by atoms with van der Waals surface area (Å²) in [4.78, 5) is 25.0. The van der Waals surface area contributed by atoms with Crippen molar-refractivity contribution in [2.24, 2.45) is 0 Å². The molecule has 0 aliphatic carbocycles. The molecule has 0 aliphatic rings. The Morgan fingerprint density at radius 3 is 2.26 bits per heavy atom. The average molecular weight is 311 g/mol. The first-order valence-corrected chi connectivity index (χ1v) is 7.53. The molecule has 2 rings (SSSR count). The van der Waals surface area contributed by atoms with Crippen LogP contribution < -0.4 is 0 Å². The van der Waals surface area contributed by atoms with E-state index in [4.69, 9.17) is 5.11 Å². The predicted molar refractivity (Wildman–Crippen MR) is 89.5 cm³/mol. The Bertz CT molecular complexity index is 707. The van der Waals surface area contributed by atoms with Crippen LogP contribution in [-0.4, -0.2) is 28.9 Å². The van der Waals surface area contributed by atoms with Crippen LogP contribution in [0.4, 0.5) is 0 Å². The van der Waals surface area contributed by atoms with E-state index in [0.717, 1.165) is 11.1 Å². The molecule has 0 spiro atoms. The molecule has 2 aromatic carbocycles. The van der Waals surface area contributed by atoms with E-state index in [2.05, 4.69) is 0 Å². The molecule has 2 aromatic rings. The van der Waals surface area contributed by atoms with Gasteiger partial charge >= 0.3 is 5.97 Å². The number of nitrogens with zero attached hydrogens (tertiary/aromatic N) is 1. The molecular formula is C19H21NO3. The van der Waals surface area contributed by atoms with E-state index in [1.807, 2.05) is 38.1 Å². The molecule has 0 radical (unpaired) electrons. The van der Waals surface area contributed by atoms with Gasteiger partial charge in [-0.25, -0.2) is 0 Å². The number of carbonyl (C=O) groups excluding carboxylic acids is 1. The summed E-state index contributed by atoms with van der Waals surface area (Å²) >= 11 is 0.